The van der Waals surface area contributed by atoms with Crippen LogP contribution >= 0.6 is 11.8 Å². The molecule has 2 aromatic rings. The minimum atomic E-state index is -0.349. The molecule has 2 amide bonds. The number of carbonyl (C=O) groups excluding carboxylic acids is 2. The van der Waals surface area contributed by atoms with Gasteiger partial charge in [0.2, 0.25) is 0 Å². The van der Waals surface area contributed by atoms with Crippen LogP contribution in [0.4, 0.5) is 5.69 Å². The Morgan fingerprint density at radius 1 is 1.00 bits per heavy atom. The summed E-state index contributed by atoms with van der Waals surface area (Å²) in [6, 6.07) is 14.7. The first kappa shape index (κ1) is 22.1. The highest BCUT2D eigenvalue weighted by atomic mass is 32.2. The first-order chi connectivity index (χ1) is 14.5. The second-order valence-corrected chi connectivity index (χ2v) is 8.58. The van der Waals surface area contributed by atoms with Crippen LogP contribution in [0.25, 0.3) is 5.57 Å². The second kappa shape index (κ2) is 9.96. The van der Waals surface area contributed by atoms with E-state index >= 15 is 0 Å². The van der Waals surface area contributed by atoms with E-state index in [1.165, 1.54) is 16.7 Å². The molecule has 158 valence electrons. The second-order valence-electron chi connectivity index (χ2n) is 7.47. The van der Waals surface area contributed by atoms with Crippen molar-refractivity contribution in [3.63, 3.8) is 0 Å². The molecule has 1 aliphatic heterocycles. The van der Waals surface area contributed by atoms with Gasteiger partial charge in [0.15, 0.2) is 0 Å². The number of imide groups is 1. The van der Waals surface area contributed by atoms with Crippen molar-refractivity contribution in [3.8, 4) is 5.75 Å². The van der Waals surface area contributed by atoms with Crippen molar-refractivity contribution in [2.24, 2.45) is 5.92 Å². The van der Waals surface area contributed by atoms with E-state index in [1.807, 2.05) is 24.3 Å². The molecule has 3 rings (SSSR count). The number of benzene rings is 2. The van der Waals surface area contributed by atoms with E-state index in [2.05, 4.69) is 20.8 Å². The Hall–Kier alpha value is -2.57. The van der Waals surface area contributed by atoms with Crippen LogP contribution in [-0.2, 0) is 16.0 Å². The minimum absolute atomic E-state index is 0.0733. The predicted octanol–water partition coefficient (Wildman–Crippen LogP) is 4.29. The molecule has 2 aromatic carbocycles. The first-order valence-corrected chi connectivity index (χ1v) is 11.1. The fourth-order valence-corrected chi connectivity index (χ4v) is 4.00. The summed E-state index contributed by atoms with van der Waals surface area (Å²) in [6.07, 6.45) is 0.883. The van der Waals surface area contributed by atoms with Gasteiger partial charge >= 0.3 is 0 Å². The summed E-state index contributed by atoms with van der Waals surface area (Å²) in [6.45, 7) is 6.75. The van der Waals surface area contributed by atoms with Gasteiger partial charge in [-0.15, -0.1) is 11.8 Å². The molecule has 0 saturated carbocycles. The molecule has 6 heteroatoms. The number of carbonyl (C=O) groups is 2. The van der Waals surface area contributed by atoms with Gasteiger partial charge in [-0.05, 0) is 47.7 Å². The Labute approximate surface area is 181 Å². The topological polar surface area (TPSA) is 66.8 Å². The van der Waals surface area contributed by atoms with Crippen LogP contribution in [0.3, 0.4) is 0 Å². The molecule has 0 atom stereocenters. The Kier molecular flexibility index (Phi) is 7.34. The summed E-state index contributed by atoms with van der Waals surface area (Å²) in [5.74, 6) is 0.783. The van der Waals surface area contributed by atoms with Crippen molar-refractivity contribution in [3.05, 3.63) is 64.6 Å². The lowest BCUT2D eigenvalue weighted by molar-refractivity contribution is -0.119. The maximum atomic E-state index is 13.3. The molecule has 1 heterocycles. The highest BCUT2D eigenvalue weighted by Crippen LogP contribution is 2.38. The zero-order valence-corrected chi connectivity index (χ0v) is 18.4. The van der Waals surface area contributed by atoms with Gasteiger partial charge in [0, 0.05) is 5.75 Å². The zero-order valence-electron chi connectivity index (χ0n) is 17.6. The number of aliphatic hydroxyl groups is 1. The van der Waals surface area contributed by atoms with E-state index in [4.69, 9.17) is 4.74 Å². The molecule has 0 spiro atoms. The Bertz CT molecular complexity index is 933. The Balaban J connectivity index is 1.93. The third kappa shape index (κ3) is 4.77. The summed E-state index contributed by atoms with van der Waals surface area (Å²) < 4.78 is 5.72. The Morgan fingerprint density at radius 2 is 1.67 bits per heavy atom. The lowest BCUT2D eigenvalue weighted by atomic mass is 10.1. The van der Waals surface area contributed by atoms with Crippen LogP contribution in [0.1, 0.15) is 31.9 Å². The van der Waals surface area contributed by atoms with Crippen LogP contribution in [-0.4, -0.2) is 35.9 Å². The number of hydrogen-bond acceptors (Lipinski definition) is 5. The third-order valence-corrected chi connectivity index (χ3v) is 5.76. The maximum absolute atomic E-state index is 13.3. The SMILES string of the molecule is CCc1ccc(N2C(=O)C(SCCO)=C(c3ccc(OCC(C)C)cc3)C2=O)cc1. The molecule has 5 nitrogen and oxygen atoms in total. The van der Waals surface area contributed by atoms with Crippen LogP contribution in [0.2, 0.25) is 0 Å². The fraction of sp³-hybridized carbons (Fsp3) is 0.333. The standard InChI is InChI=1S/C24H27NO4S/c1-4-17-5-9-19(10-6-17)25-23(27)21(22(24(25)28)30-14-13-26)18-7-11-20(12-8-18)29-15-16(2)3/h5-12,16,26H,4,13-15H2,1-3H3. The monoisotopic (exact) mass is 425 g/mol. The highest BCUT2D eigenvalue weighted by molar-refractivity contribution is 8.04. The van der Waals surface area contributed by atoms with Crippen LogP contribution < -0.4 is 9.64 Å². The lowest BCUT2D eigenvalue weighted by Crippen LogP contribution is -2.31. The zero-order chi connectivity index (χ0) is 21.7. The van der Waals surface area contributed by atoms with Crippen LogP contribution in [0.5, 0.6) is 5.75 Å². The molecule has 0 saturated heterocycles. The van der Waals surface area contributed by atoms with Crippen LogP contribution in [0, 0.1) is 5.92 Å². The van der Waals surface area contributed by atoms with Crippen LogP contribution in [0.15, 0.2) is 53.4 Å². The third-order valence-electron chi connectivity index (χ3n) is 4.71. The first-order valence-electron chi connectivity index (χ1n) is 10.1. The maximum Gasteiger partial charge on any atom is 0.272 e. The van der Waals surface area contributed by atoms with E-state index in [9.17, 15) is 14.7 Å². The molecule has 1 N–H and O–H groups in total. The number of nitrogens with zero attached hydrogens (tertiary/aromatic N) is 1. The van der Waals surface area contributed by atoms with Gasteiger partial charge in [-0.2, -0.15) is 0 Å². The average molecular weight is 426 g/mol. The number of aryl methyl sites for hydroxylation is 1. The summed E-state index contributed by atoms with van der Waals surface area (Å²) in [5.41, 5.74) is 2.72. The van der Waals surface area contributed by atoms with Gasteiger partial charge in [-0.1, -0.05) is 45.0 Å². The fourth-order valence-electron chi connectivity index (χ4n) is 3.14. The number of rotatable bonds is 9. The average Bonchev–Trinajstić information content (AvgIpc) is 3.00. The molecule has 0 fully saturated rings. The lowest BCUT2D eigenvalue weighted by Gasteiger charge is -2.15. The summed E-state index contributed by atoms with van der Waals surface area (Å²) in [7, 11) is 0. The summed E-state index contributed by atoms with van der Waals surface area (Å²) in [4.78, 5) is 28.0. The minimum Gasteiger partial charge on any atom is -0.493 e. The van der Waals surface area contributed by atoms with Gasteiger partial charge in [0.1, 0.15) is 5.75 Å². The van der Waals surface area contributed by atoms with Gasteiger partial charge in [0.05, 0.1) is 29.4 Å². The van der Waals surface area contributed by atoms with Gasteiger partial charge in [-0.25, -0.2) is 4.90 Å². The molecular weight excluding hydrogens is 398 g/mol. The molecule has 1 aliphatic rings. The predicted molar refractivity (Wildman–Crippen MR) is 122 cm³/mol. The number of ether oxygens (including phenoxy) is 1. The molecule has 0 radical (unpaired) electrons. The largest absolute Gasteiger partial charge is 0.493 e. The van der Waals surface area contributed by atoms with Crippen molar-refractivity contribution < 1.29 is 19.4 Å². The van der Waals surface area contributed by atoms with E-state index in [0.717, 1.165) is 17.7 Å². The van der Waals surface area contributed by atoms with Gasteiger partial charge in [-0.3, -0.25) is 9.59 Å². The number of aliphatic hydroxyl groups excluding tert-OH is 1. The van der Waals surface area contributed by atoms with E-state index in [1.54, 1.807) is 24.3 Å². The van der Waals surface area contributed by atoms with E-state index in [0.29, 0.717) is 40.0 Å². The quantitative estimate of drug-likeness (QED) is 0.607. The van der Waals surface area contributed by atoms with E-state index < -0.39 is 0 Å². The Morgan fingerprint density at radius 3 is 2.23 bits per heavy atom. The number of anilines is 1. The molecule has 0 bridgehead atoms. The molecular formula is C24H27NO4S. The summed E-state index contributed by atoms with van der Waals surface area (Å²) in [5, 5.41) is 9.25. The van der Waals surface area contributed by atoms with Gasteiger partial charge in [0.25, 0.3) is 11.8 Å². The van der Waals surface area contributed by atoms with Gasteiger partial charge < -0.3 is 9.84 Å². The van der Waals surface area contributed by atoms with Crippen molar-refractivity contribution in [2.45, 2.75) is 27.2 Å². The smallest absolute Gasteiger partial charge is 0.272 e. The van der Waals surface area contributed by atoms with Crippen molar-refractivity contribution in [1.82, 2.24) is 0 Å². The number of amides is 2. The molecule has 0 unspecified atom stereocenters. The molecule has 0 aliphatic carbocycles. The van der Waals surface area contributed by atoms with E-state index in [-0.39, 0.29) is 18.4 Å². The number of hydrogen-bond donors (Lipinski definition) is 1. The van der Waals surface area contributed by atoms with Crippen molar-refractivity contribution in [1.29, 1.82) is 0 Å². The van der Waals surface area contributed by atoms with Crippen molar-refractivity contribution >= 4 is 34.8 Å². The van der Waals surface area contributed by atoms with Crippen molar-refractivity contribution in [2.75, 3.05) is 23.9 Å². The summed E-state index contributed by atoms with van der Waals surface area (Å²) >= 11 is 1.21. The molecule has 30 heavy (non-hydrogen) atoms. The number of thioether (sulfide) groups is 1. The molecule has 0 aromatic heterocycles. The highest BCUT2D eigenvalue weighted by Gasteiger charge is 2.40. The normalized spacial score (nSPS) is 14.2.